The maximum atomic E-state index is 10.2. The van der Waals surface area contributed by atoms with Crippen LogP contribution >= 0.6 is 11.3 Å². The van der Waals surface area contributed by atoms with Crippen molar-refractivity contribution in [1.82, 2.24) is 0 Å². The van der Waals surface area contributed by atoms with Crippen molar-refractivity contribution in [1.29, 1.82) is 10.5 Å². The standard InChI is InChI=1S/C43H46N4O2S/c1-4-6-26-47(27-7-5-2)35-20-18-33(41(28-35)48-31-32-14-10-8-11-15-32)19-21-36-22-23-37(50-36)24-25-39-38(29-44)42(40(46)30-45)49-43(39,3)34-16-12-9-13-17-34/h8-25,28,38-39H,4-7,26-27,31,46H2,1-3H3/b21-19+,25-24+,42-40+. The van der Waals surface area contributed by atoms with Crippen molar-refractivity contribution in [2.45, 2.75) is 58.7 Å². The molecule has 0 bridgehead atoms. The van der Waals surface area contributed by atoms with E-state index in [1.807, 2.05) is 73.7 Å². The summed E-state index contributed by atoms with van der Waals surface area (Å²) < 4.78 is 12.8. The molecule has 1 aromatic heterocycles. The Morgan fingerprint density at radius 1 is 0.900 bits per heavy atom. The number of unbranched alkanes of at least 4 members (excludes halogenated alkanes) is 2. The molecule has 0 saturated carbocycles. The van der Waals surface area contributed by atoms with Crippen LogP contribution in [0, 0.1) is 34.5 Å². The zero-order chi connectivity index (χ0) is 35.3. The number of rotatable bonds is 15. The average Bonchev–Trinajstić information content (AvgIpc) is 3.74. The predicted molar refractivity (Wildman–Crippen MR) is 206 cm³/mol. The number of nitrogens with two attached hydrogens (primary N) is 1. The average molecular weight is 683 g/mol. The van der Waals surface area contributed by atoms with Gasteiger partial charge in [-0.05, 0) is 73.4 Å². The molecule has 0 amide bonds. The van der Waals surface area contributed by atoms with Crippen LogP contribution in [0.1, 0.15) is 72.9 Å². The third-order valence-electron chi connectivity index (χ3n) is 9.18. The van der Waals surface area contributed by atoms with E-state index in [1.54, 1.807) is 11.3 Å². The Bertz CT molecular complexity index is 1880. The molecule has 256 valence electrons. The first-order chi connectivity index (χ1) is 24.4. The molecule has 6 nitrogen and oxygen atoms in total. The van der Waals surface area contributed by atoms with E-state index in [-0.39, 0.29) is 17.4 Å². The first-order valence-electron chi connectivity index (χ1n) is 17.5. The number of nitriles is 2. The van der Waals surface area contributed by atoms with E-state index >= 15 is 0 Å². The van der Waals surface area contributed by atoms with Crippen LogP contribution in [0.4, 0.5) is 5.69 Å². The fourth-order valence-electron chi connectivity index (χ4n) is 6.28. The summed E-state index contributed by atoms with van der Waals surface area (Å²) in [5.41, 5.74) is 9.36. The largest absolute Gasteiger partial charge is 0.488 e. The molecule has 2 heterocycles. The fourth-order valence-corrected chi connectivity index (χ4v) is 7.10. The summed E-state index contributed by atoms with van der Waals surface area (Å²) in [5, 5.41) is 19.7. The lowest BCUT2D eigenvalue weighted by atomic mass is 9.77. The van der Waals surface area contributed by atoms with Crippen molar-refractivity contribution >= 4 is 35.3 Å². The van der Waals surface area contributed by atoms with Crippen molar-refractivity contribution in [3.05, 3.63) is 135 Å². The highest BCUT2D eigenvalue weighted by Crippen LogP contribution is 2.50. The number of allylic oxidation sites excluding steroid dienone is 2. The van der Waals surface area contributed by atoms with Crippen LogP contribution in [0.15, 0.2) is 109 Å². The summed E-state index contributed by atoms with van der Waals surface area (Å²) in [4.78, 5) is 4.62. The molecule has 1 fully saturated rings. The van der Waals surface area contributed by atoms with Crippen LogP contribution in [0.25, 0.3) is 18.2 Å². The van der Waals surface area contributed by atoms with Crippen molar-refractivity contribution in [3.63, 3.8) is 0 Å². The van der Waals surface area contributed by atoms with Crippen LogP contribution in [0.2, 0.25) is 0 Å². The first kappa shape index (κ1) is 36.1. The fraction of sp³-hybridized carbons (Fsp3) is 0.302. The van der Waals surface area contributed by atoms with Gasteiger partial charge >= 0.3 is 0 Å². The molecule has 3 atom stereocenters. The summed E-state index contributed by atoms with van der Waals surface area (Å²) in [5.74, 6) is 0.0604. The molecule has 1 aliphatic rings. The van der Waals surface area contributed by atoms with Gasteiger partial charge in [-0.3, -0.25) is 0 Å². The van der Waals surface area contributed by atoms with Crippen molar-refractivity contribution in [3.8, 4) is 17.9 Å². The van der Waals surface area contributed by atoms with E-state index in [1.165, 1.54) is 5.69 Å². The van der Waals surface area contributed by atoms with Crippen LogP contribution in [-0.2, 0) is 16.9 Å². The minimum atomic E-state index is -0.861. The topological polar surface area (TPSA) is 95.3 Å². The Kier molecular flexibility index (Phi) is 12.6. The van der Waals surface area contributed by atoms with Gasteiger partial charge in [-0.25, -0.2) is 0 Å². The molecule has 2 N–H and O–H groups in total. The van der Waals surface area contributed by atoms with Gasteiger partial charge in [-0.2, -0.15) is 10.5 Å². The molecule has 50 heavy (non-hydrogen) atoms. The number of anilines is 1. The smallest absolute Gasteiger partial charge is 0.150 e. The summed E-state index contributed by atoms with van der Waals surface area (Å²) >= 11 is 1.66. The van der Waals surface area contributed by atoms with E-state index in [0.717, 1.165) is 71.0 Å². The van der Waals surface area contributed by atoms with E-state index in [0.29, 0.717) is 6.61 Å². The maximum Gasteiger partial charge on any atom is 0.150 e. The second-order valence-electron chi connectivity index (χ2n) is 12.7. The Morgan fingerprint density at radius 3 is 2.20 bits per heavy atom. The third-order valence-corrected chi connectivity index (χ3v) is 10.2. The molecule has 0 radical (unpaired) electrons. The van der Waals surface area contributed by atoms with Crippen LogP contribution in [-0.4, -0.2) is 13.1 Å². The molecule has 0 aliphatic carbocycles. The number of thiophene rings is 1. The lowest BCUT2D eigenvalue weighted by Crippen LogP contribution is -2.29. The highest BCUT2D eigenvalue weighted by atomic mass is 32.1. The Morgan fingerprint density at radius 2 is 1.56 bits per heavy atom. The number of nitrogens with zero attached hydrogens (tertiary/aromatic N) is 3. The number of benzene rings is 3. The molecule has 4 aromatic rings. The molecule has 7 heteroatoms. The molecule has 3 unspecified atom stereocenters. The summed E-state index contributed by atoms with van der Waals surface area (Å²) in [6.45, 7) is 8.99. The minimum absolute atomic E-state index is 0.0621. The Hall–Kier alpha value is -5.24. The predicted octanol–water partition coefficient (Wildman–Crippen LogP) is 10.3. The summed E-state index contributed by atoms with van der Waals surface area (Å²) in [6, 6.07) is 35.1. The van der Waals surface area contributed by atoms with Gasteiger partial charge in [0.1, 0.15) is 35.7 Å². The van der Waals surface area contributed by atoms with Crippen LogP contribution in [0.3, 0.4) is 0 Å². The molecule has 1 saturated heterocycles. The second-order valence-corrected chi connectivity index (χ2v) is 13.9. The van der Waals surface area contributed by atoms with Gasteiger partial charge in [0.15, 0.2) is 5.70 Å². The second kappa shape index (κ2) is 17.4. The van der Waals surface area contributed by atoms with E-state index in [9.17, 15) is 10.5 Å². The molecule has 3 aromatic carbocycles. The zero-order valence-corrected chi connectivity index (χ0v) is 30.0. The van der Waals surface area contributed by atoms with E-state index in [4.69, 9.17) is 15.2 Å². The molecular weight excluding hydrogens is 637 g/mol. The lowest BCUT2D eigenvalue weighted by molar-refractivity contribution is 0.0325. The minimum Gasteiger partial charge on any atom is -0.488 e. The van der Waals surface area contributed by atoms with Crippen molar-refractivity contribution < 1.29 is 9.47 Å². The van der Waals surface area contributed by atoms with E-state index in [2.05, 4.69) is 79.4 Å². The third kappa shape index (κ3) is 8.67. The number of ether oxygens (including phenoxy) is 2. The molecule has 5 rings (SSSR count). The quantitative estimate of drug-likeness (QED) is 0.125. The zero-order valence-electron chi connectivity index (χ0n) is 29.2. The normalized spacial score (nSPS) is 19.6. The molecule has 1 aliphatic heterocycles. The highest BCUT2D eigenvalue weighted by Gasteiger charge is 2.51. The number of hydrogen-bond acceptors (Lipinski definition) is 7. The van der Waals surface area contributed by atoms with Gasteiger partial charge < -0.3 is 20.1 Å². The van der Waals surface area contributed by atoms with E-state index < -0.39 is 11.5 Å². The maximum absolute atomic E-state index is 10.2. The van der Waals surface area contributed by atoms with Gasteiger partial charge in [0.2, 0.25) is 0 Å². The van der Waals surface area contributed by atoms with Crippen molar-refractivity contribution in [2.75, 3.05) is 18.0 Å². The molecular formula is C43H46N4O2S. The first-order valence-corrected chi connectivity index (χ1v) is 18.3. The monoisotopic (exact) mass is 682 g/mol. The summed E-state index contributed by atoms with van der Waals surface area (Å²) in [7, 11) is 0. The van der Waals surface area contributed by atoms with Gasteiger partial charge in [0, 0.05) is 46.1 Å². The lowest BCUT2D eigenvalue weighted by Gasteiger charge is -2.29. The SMILES string of the molecule is CCCCN(CCCC)c1ccc(/C=C/c2ccc(/C=C/C3C(C#N)/C(=C(\N)C#N)OC3(C)c3ccccc3)s2)c(OCc2ccccc2)c1. The summed E-state index contributed by atoms with van der Waals surface area (Å²) in [6.07, 6.45) is 12.9. The Balaban J connectivity index is 1.40. The van der Waals surface area contributed by atoms with Crippen LogP contribution in [0.5, 0.6) is 5.75 Å². The number of hydrogen-bond donors (Lipinski definition) is 1. The van der Waals surface area contributed by atoms with Crippen molar-refractivity contribution in [2.24, 2.45) is 17.6 Å². The van der Waals surface area contributed by atoms with Gasteiger partial charge in [0.05, 0.1) is 6.07 Å². The van der Waals surface area contributed by atoms with Gasteiger partial charge in [0.25, 0.3) is 0 Å². The van der Waals surface area contributed by atoms with Crippen LogP contribution < -0.4 is 15.4 Å². The highest BCUT2D eigenvalue weighted by molar-refractivity contribution is 7.13. The Labute approximate surface area is 301 Å². The van der Waals surface area contributed by atoms with Gasteiger partial charge in [-0.1, -0.05) is 93.4 Å². The molecule has 0 spiro atoms. The van der Waals surface area contributed by atoms with Gasteiger partial charge in [-0.15, -0.1) is 11.3 Å².